The highest BCUT2D eigenvalue weighted by Crippen LogP contribution is 2.45. The molecular weight excluding hydrogens is 424 g/mol. The number of thioether (sulfide) groups is 2. The lowest BCUT2D eigenvalue weighted by Gasteiger charge is -2.33. The predicted molar refractivity (Wildman–Crippen MR) is 122 cm³/mol. The van der Waals surface area contributed by atoms with Gasteiger partial charge in [0.25, 0.3) is 0 Å². The fourth-order valence-corrected chi connectivity index (χ4v) is 7.74. The first-order valence-electron chi connectivity index (χ1n) is 9.65. The van der Waals surface area contributed by atoms with E-state index in [9.17, 15) is 13.2 Å². The molecule has 5 nitrogen and oxygen atoms in total. The van der Waals surface area contributed by atoms with Gasteiger partial charge in [-0.3, -0.25) is 9.69 Å². The summed E-state index contributed by atoms with van der Waals surface area (Å²) in [7, 11) is -3.01. The molecule has 8 heteroatoms. The lowest BCUT2D eigenvalue weighted by atomic mass is 10.0. The first kappa shape index (κ1) is 20.8. The first-order valence-corrected chi connectivity index (χ1v) is 13.6. The molecular formula is C21H24N2O3S3. The van der Waals surface area contributed by atoms with Crippen molar-refractivity contribution in [1.82, 2.24) is 4.90 Å². The quantitative estimate of drug-likeness (QED) is 0.754. The van der Waals surface area contributed by atoms with Crippen LogP contribution in [-0.2, 0) is 14.6 Å². The molecule has 2 fully saturated rings. The van der Waals surface area contributed by atoms with Crippen LogP contribution in [0.25, 0.3) is 0 Å². The topological polar surface area (TPSA) is 66.5 Å². The van der Waals surface area contributed by atoms with Gasteiger partial charge in [0.2, 0.25) is 5.91 Å². The van der Waals surface area contributed by atoms with Crippen LogP contribution in [0.4, 0.5) is 5.69 Å². The molecule has 0 aromatic heterocycles. The third-order valence-electron chi connectivity index (χ3n) is 5.16. The number of benzene rings is 2. The summed E-state index contributed by atoms with van der Waals surface area (Å²) in [6.45, 7) is 0.732. The zero-order valence-corrected chi connectivity index (χ0v) is 18.4. The molecule has 0 saturated carbocycles. The minimum Gasteiger partial charge on any atom is -0.324 e. The molecule has 0 bridgehead atoms. The van der Waals surface area contributed by atoms with E-state index in [1.54, 1.807) is 0 Å². The number of sulfone groups is 1. The van der Waals surface area contributed by atoms with Crippen molar-refractivity contribution < 1.29 is 13.2 Å². The van der Waals surface area contributed by atoms with Crippen LogP contribution in [0, 0.1) is 0 Å². The van der Waals surface area contributed by atoms with E-state index in [-0.39, 0.29) is 17.4 Å². The summed E-state index contributed by atoms with van der Waals surface area (Å²) < 4.78 is 24.1. The van der Waals surface area contributed by atoms with E-state index in [2.05, 4.69) is 17.4 Å². The van der Waals surface area contributed by atoms with Gasteiger partial charge < -0.3 is 5.32 Å². The molecule has 0 radical (unpaired) electrons. The minimum atomic E-state index is -3.01. The van der Waals surface area contributed by atoms with Gasteiger partial charge in [0.05, 0.1) is 16.1 Å². The molecule has 2 aliphatic rings. The predicted octanol–water partition coefficient (Wildman–Crippen LogP) is 3.58. The average molecular weight is 449 g/mol. The standard InChI is InChI=1S/C21H24N2O3S3/c24-20(22-18-8-4-7-17(15-18)21-27-11-12-28-21)19(16-5-2-1-3-6-16)23-9-13-29(25,26)14-10-23/h1-8,15,19,21H,9-14H2,(H,22,24). The van der Waals surface area contributed by atoms with E-state index < -0.39 is 15.9 Å². The number of nitrogens with zero attached hydrogens (tertiary/aromatic N) is 1. The molecule has 4 rings (SSSR count). The second-order valence-electron chi connectivity index (χ2n) is 7.19. The lowest BCUT2D eigenvalue weighted by Crippen LogP contribution is -2.46. The summed E-state index contributed by atoms with van der Waals surface area (Å²) in [4.78, 5) is 15.3. The van der Waals surface area contributed by atoms with Gasteiger partial charge >= 0.3 is 0 Å². The van der Waals surface area contributed by atoms with Gasteiger partial charge in [0.1, 0.15) is 6.04 Å². The van der Waals surface area contributed by atoms with Crippen LogP contribution in [0.5, 0.6) is 0 Å². The van der Waals surface area contributed by atoms with Crippen molar-refractivity contribution in [2.45, 2.75) is 10.6 Å². The van der Waals surface area contributed by atoms with Crippen LogP contribution in [0.15, 0.2) is 54.6 Å². The van der Waals surface area contributed by atoms with Crippen molar-refractivity contribution >= 4 is 45.0 Å². The number of anilines is 1. The van der Waals surface area contributed by atoms with Crippen molar-refractivity contribution in [2.75, 3.05) is 41.4 Å². The Kier molecular flexibility index (Phi) is 6.53. The lowest BCUT2D eigenvalue weighted by molar-refractivity contribution is -0.121. The molecule has 1 atom stereocenters. The molecule has 2 aromatic carbocycles. The maximum Gasteiger partial charge on any atom is 0.246 e. The van der Waals surface area contributed by atoms with Gasteiger partial charge in [-0.05, 0) is 23.3 Å². The maximum atomic E-state index is 13.3. The van der Waals surface area contributed by atoms with E-state index in [1.165, 1.54) is 5.56 Å². The summed E-state index contributed by atoms with van der Waals surface area (Å²) in [6, 6.07) is 17.1. The fourth-order valence-electron chi connectivity index (χ4n) is 3.67. The summed E-state index contributed by atoms with van der Waals surface area (Å²) in [5, 5.41) is 3.07. The third-order valence-corrected chi connectivity index (χ3v) is 9.87. The number of nitrogens with one attached hydrogen (secondary N) is 1. The number of hydrogen-bond acceptors (Lipinski definition) is 6. The van der Waals surface area contributed by atoms with Gasteiger partial charge in [-0.25, -0.2) is 8.42 Å². The fraction of sp³-hybridized carbons (Fsp3) is 0.381. The van der Waals surface area contributed by atoms with Gasteiger partial charge in [0.15, 0.2) is 9.84 Å². The zero-order valence-electron chi connectivity index (χ0n) is 16.0. The molecule has 1 unspecified atom stereocenters. The van der Waals surface area contributed by atoms with Gasteiger partial charge in [-0.1, -0.05) is 42.5 Å². The molecule has 0 aliphatic carbocycles. The Labute approximate surface area is 180 Å². The Balaban J connectivity index is 1.55. The van der Waals surface area contributed by atoms with Crippen LogP contribution >= 0.6 is 23.5 Å². The summed E-state index contributed by atoms with van der Waals surface area (Å²) in [5.41, 5.74) is 2.88. The van der Waals surface area contributed by atoms with E-state index in [4.69, 9.17) is 0 Å². The highest BCUT2D eigenvalue weighted by molar-refractivity contribution is 8.19. The van der Waals surface area contributed by atoms with Gasteiger partial charge in [0, 0.05) is 30.3 Å². The van der Waals surface area contributed by atoms with Crippen LogP contribution in [-0.4, -0.2) is 55.3 Å². The van der Waals surface area contributed by atoms with E-state index in [1.807, 2.05) is 70.9 Å². The second-order valence-corrected chi connectivity index (χ2v) is 12.2. The Morgan fingerprint density at radius 3 is 2.38 bits per heavy atom. The smallest absolute Gasteiger partial charge is 0.246 e. The van der Waals surface area contributed by atoms with Crippen molar-refractivity contribution in [3.05, 3.63) is 65.7 Å². The summed E-state index contributed by atoms with van der Waals surface area (Å²) in [5.74, 6) is 2.36. The number of rotatable bonds is 5. The van der Waals surface area contributed by atoms with Gasteiger partial charge in [-0.2, -0.15) is 0 Å². The number of hydrogen-bond donors (Lipinski definition) is 1. The summed E-state index contributed by atoms with van der Waals surface area (Å²) in [6.07, 6.45) is 0. The molecule has 154 valence electrons. The largest absolute Gasteiger partial charge is 0.324 e. The molecule has 1 amide bonds. The van der Waals surface area contributed by atoms with Crippen molar-refractivity contribution in [3.8, 4) is 0 Å². The first-order chi connectivity index (χ1) is 14.0. The molecule has 2 saturated heterocycles. The number of amides is 1. The molecule has 2 aromatic rings. The third kappa shape index (κ3) is 5.17. The van der Waals surface area contributed by atoms with Crippen LogP contribution in [0.1, 0.15) is 21.8 Å². The molecule has 0 spiro atoms. The zero-order chi connectivity index (χ0) is 20.3. The Bertz CT molecular complexity index is 946. The molecule has 2 aliphatic heterocycles. The minimum absolute atomic E-state index is 0.0925. The van der Waals surface area contributed by atoms with Crippen molar-refractivity contribution in [2.24, 2.45) is 0 Å². The van der Waals surface area contributed by atoms with E-state index in [0.29, 0.717) is 17.7 Å². The average Bonchev–Trinajstić information content (AvgIpc) is 3.25. The maximum absolute atomic E-state index is 13.3. The second kappa shape index (κ2) is 9.12. The molecule has 2 heterocycles. The molecule has 1 N–H and O–H groups in total. The van der Waals surface area contributed by atoms with Crippen molar-refractivity contribution in [3.63, 3.8) is 0 Å². The highest BCUT2D eigenvalue weighted by Gasteiger charge is 2.32. The molecule has 29 heavy (non-hydrogen) atoms. The normalized spacial score (nSPS) is 21.0. The summed E-state index contributed by atoms with van der Waals surface area (Å²) >= 11 is 3.87. The monoisotopic (exact) mass is 448 g/mol. The number of carbonyl (C=O) groups is 1. The van der Waals surface area contributed by atoms with Gasteiger partial charge in [-0.15, -0.1) is 23.5 Å². The van der Waals surface area contributed by atoms with Crippen LogP contribution in [0.2, 0.25) is 0 Å². The Hall–Kier alpha value is -1.48. The number of carbonyl (C=O) groups excluding carboxylic acids is 1. The van der Waals surface area contributed by atoms with E-state index >= 15 is 0 Å². The Morgan fingerprint density at radius 2 is 1.69 bits per heavy atom. The SMILES string of the molecule is O=C(Nc1cccc(C2SCCS2)c1)C(c1ccccc1)N1CCS(=O)(=O)CC1. The van der Waals surface area contributed by atoms with Crippen molar-refractivity contribution in [1.29, 1.82) is 0 Å². The van der Waals surface area contributed by atoms with Crippen LogP contribution < -0.4 is 5.32 Å². The highest BCUT2D eigenvalue weighted by atomic mass is 32.2. The van der Waals surface area contributed by atoms with Crippen LogP contribution in [0.3, 0.4) is 0 Å². The Morgan fingerprint density at radius 1 is 1.00 bits per heavy atom. The van der Waals surface area contributed by atoms with E-state index in [0.717, 1.165) is 22.8 Å².